The number of aryl methyl sites for hydroxylation is 1. The Balaban J connectivity index is 1.05. The first-order valence-electron chi connectivity index (χ1n) is 15.0. The number of para-hydroxylation sites is 1. The van der Waals surface area contributed by atoms with E-state index >= 15 is 0 Å². The van der Waals surface area contributed by atoms with Gasteiger partial charge in [0.1, 0.15) is 12.1 Å². The first-order chi connectivity index (χ1) is 21.8. The highest BCUT2D eigenvalue weighted by molar-refractivity contribution is 8.14. The lowest BCUT2D eigenvalue weighted by atomic mass is 9.96. The van der Waals surface area contributed by atoms with E-state index in [1.807, 2.05) is 24.3 Å². The number of amides is 2. The number of alkyl halides is 3. The molecule has 1 aliphatic carbocycles. The minimum absolute atomic E-state index is 0.0572. The number of hydrogen-bond acceptors (Lipinski definition) is 5. The van der Waals surface area contributed by atoms with Crippen molar-refractivity contribution in [3.05, 3.63) is 90.3 Å². The second kappa shape index (κ2) is 13.4. The van der Waals surface area contributed by atoms with Crippen molar-refractivity contribution in [3.8, 4) is 22.8 Å². The molecule has 234 valence electrons. The van der Waals surface area contributed by atoms with Crippen LogP contribution in [-0.2, 0) is 6.42 Å². The van der Waals surface area contributed by atoms with Crippen molar-refractivity contribution in [2.75, 3.05) is 17.2 Å². The number of nitrogens with zero attached hydrogens (tertiary/aromatic N) is 5. The Morgan fingerprint density at radius 2 is 1.84 bits per heavy atom. The molecule has 2 amide bonds. The molecule has 12 heteroatoms. The van der Waals surface area contributed by atoms with E-state index in [1.165, 1.54) is 46.4 Å². The summed E-state index contributed by atoms with van der Waals surface area (Å²) in [5.41, 5.74) is 4.94. The van der Waals surface area contributed by atoms with Gasteiger partial charge in [0.05, 0.1) is 5.69 Å². The third kappa shape index (κ3) is 7.50. The minimum Gasteiger partial charge on any atom is -0.406 e. The van der Waals surface area contributed by atoms with E-state index in [1.54, 1.807) is 11.8 Å². The van der Waals surface area contributed by atoms with Gasteiger partial charge >= 0.3 is 12.4 Å². The van der Waals surface area contributed by atoms with Crippen LogP contribution in [0.25, 0.3) is 17.1 Å². The first kappa shape index (κ1) is 30.7. The normalized spacial score (nSPS) is 19.6. The molecular weight excluding hydrogens is 601 g/mol. The summed E-state index contributed by atoms with van der Waals surface area (Å²) < 4.78 is 42.7. The van der Waals surface area contributed by atoms with E-state index in [9.17, 15) is 18.0 Å². The Morgan fingerprint density at radius 3 is 2.60 bits per heavy atom. The topological polar surface area (TPSA) is 84.6 Å². The zero-order valence-corrected chi connectivity index (χ0v) is 25.5. The second-order valence-electron chi connectivity index (χ2n) is 11.1. The van der Waals surface area contributed by atoms with Gasteiger partial charge < -0.3 is 15.0 Å². The number of carbonyl (C=O) groups excluding carboxylic acids is 1. The van der Waals surface area contributed by atoms with Crippen molar-refractivity contribution in [2.45, 2.75) is 57.3 Å². The van der Waals surface area contributed by atoms with Gasteiger partial charge in [0, 0.05) is 29.6 Å². The van der Waals surface area contributed by atoms with Gasteiger partial charge in [-0.05, 0) is 79.5 Å². The number of carbonyl (C=O) groups is 1. The largest absolute Gasteiger partial charge is 0.573 e. The molecule has 3 aromatic carbocycles. The molecule has 8 nitrogen and oxygen atoms in total. The summed E-state index contributed by atoms with van der Waals surface area (Å²) in [4.78, 5) is 24.1. The van der Waals surface area contributed by atoms with Crippen molar-refractivity contribution in [2.24, 2.45) is 4.99 Å². The summed E-state index contributed by atoms with van der Waals surface area (Å²) in [6, 6.07) is 21.6. The van der Waals surface area contributed by atoms with Gasteiger partial charge in [-0.15, -0.1) is 18.3 Å². The lowest BCUT2D eigenvalue weighted by Crippen LogP contribution is -2.37. The molecule has 1 aliphatic heterocycles. The van der Waals surface area contributed by atoms with Gasteiger partial charge in [-0.25, -0.2) is 14.5 Å². The molecule has 1 saturated carbocycles. The van der Waals surface area contributed by atoms with Crippen LogP contribution in [0.1, 0.15) is 49.7 Å². The zero-order chi connectivity index (χ0) is 31.4. The summed E-state index contributed by atoms with van der Waals surface area (Å²) in [5, 5.41) is 8.39. The molecule has 45 heavy (non-hydrogen) atoms. The maximum atomic E-state index is 13.0. The summed E-state index contributed by atoms with van der Waals surface area (Å²) in [5.74, 6) is 1.47. The molecule has 0 spiro atoms. The van der Waals surface area contributed by atoms with Crippen LogP contribution in [0.3, 0.4) is 0 Å². The van der Waals surface area contributed by atoms with E-state index in [2.05, 4.69) is 61.2 Å². The van der Waals surface area contributed by atoms with Crippen LogP contribution in [0.4, 0.5) is 23.7 Å². The molecule has 2 fully saturated rings. The average molecular weight is 635 g/mol. The number of benzene rings is 3. The fraction of sp³-hybridized carbons (Fsp3) is 0.333. The molecule has 0 bridgehead atoms. The molecular formula is C33H33F3N6O2S. The summed E-state index contributed by atoms with van der Waals surface area (Å²) in [6.07, 6.45) is 1.43. The van der Waals surface area contributed by atoms with E-state index in [0.717, 1.165) is 60.8 Å². The van der Waals surface area contributed by atoms with E-state index in [0.29, 0.717) is 17.4 Å². The van der Waals surface area contributed by atoms with Gasteiger partial charge in [-0.2, -0.15) is 4.99 Å². The van der Waals surface area contributed by atoms with Gasteiger partial charge in [0.25, 0.3) is 0 Å². The molecule has 1 saturated heterocycles. The van der Waals surface area contributed by atoms with Crippen molar-refractivity contribution < 1.29 is 22.7 Å². The monoisotopic (exact) mass is 634 g/mol. The van der Waals surface area contributed by atoms with Gasteiger partial charge in [0.2, 0.25) is 0 Å². The minimum atomic E-state index is -4.74. The van der Waals surface area contributed by atoms with Crippen molar-refractivity contribution in [3.63, 3.8) is 0 Å². The van der Waals surface area contributed by atoms with Crippen LogP contribution in [0.5, 0.6) is 5.75 Å². The number of aliphatic imine (C=N–C) groups is 1. The summed E-state index contributed by atoms with van der Waals surface area (Å²) in [7, 11) is 0. The van der Waals surface area contributed by atoms with Crippen LogP contribution < -0.4 is 15.0 Å². The van der Waals surface area contributed by atoms with Crippen molar-refractivity contribution >= 4 is 28.6 Å². The SMILES string of the molecule is CCc1ccccc1N1CCCS/C1=N\C(=O)NC1CCC(c2ccc(-c3ncn(-c4ccc(OC(F)(F)F)cc4)n3)cc2)C1. The smallest absolute Gasteiger partial charge is 0.406 e. The lowest BCUT2D eigenvalue weighted by molar-refractivity contribution is -0.274. The number of amidine groups is 1. The van der Waals surface area contributed by atoms with Gasteiger partial charge in [-0.3, -0.25) is 0 Å². The third-order valence-electron chi connectivity index (χ3n) is 8.08. The molecule has 0 radical (unpaired) electrons. The Morgan fingerprint density at radius 1 is 1.07 bits per heavy atom. The van der Waals surface area contributed by atoms with Crippen LogP contribution >= 0.6 is 11.8 Å². The molecule has 4 aromatic rings. The van der Waals surface area contributed by atoms with Crippen molar-refractivity contribution in [1.82, 2.24) is 20.1 Å². The fourth-order valence-electron chi connectivity index (χ4n) is 5.88. The van der Waals surface area contributed by atoms with Gasteiger partial charge in [0.15, 0.2) is 11.0 Å². The number of aromatic nitrogens is 3. The highest BCUT2D eigenvalue weighted by atomic mass is 32.2. The average Bonchev–Trinajstić information content (AvgIpc) is 3.72. The Hall–Kier alpha value is -4.32. The Kier molecular flexibility index (Phi) is 9.11. The molecule has 2 heterocycles. The Labute approximate surface area is 263 Å². The van der Waals surface area contributed by atoms with Crippen LogP contribution in [-0.4, -0.2) is 50.7 Å². The number of anilines is 1. The highest BCUT2D eigenvalue weighted by Gasteiger charge is 2.31. The summed E-state index contributed by atoms with van der Waals surface area (Å²) in [6.45, 7) is 2.99. The van der Waals surface area contributed by atoms with E-state index in [4.69, 9.17) is 0 Å². The van der Waals surface area contributed by atoms with Crippen LogP contribution in [0, 0.1) is 0 Å². The first-order valence-corrected chi connectivity index (χ1v) is 16.0. The molecule has 6 rings (SSSR count). The number of halogens is 3. The Bertz CT molecular complexity index is 1660. The molecule has 1 aromatic heterocycles. The molecule has 1 N–H and O–H groups in total. The van der Waals surface area contributed by atoms with E-state index < -0.39 is 6.36 Å². The molecule has 2 aliphatic rings. The predicted octanol–water partition coefficient (Wildman–Crippen LogP) is 7.74. The third-order valence-corrected chi connectivity index (χ3v) is 9.14. The number of ether oxygens (including phenoxy) is 1. The number of thioether (sulfide) groups is 1. The van der Waals surface area contributed by atoms with Gasteiger partial charge in [-0.1, -0.05) is 61.2 Å². The molecule has 2 atom stereocenters. The number of hydrogen-bond donors (Lipinski definition) is 1. The van der Waals surface area contributed by atoms with Crippen LogP contribution in [0.2, 0.25) is 0 Å². The zero-order valence-electron chi connectivity index (χ0n) is 24.7. The quantitative estimate of drug-likeness (QED) is 0.224. The predicted molar refractivity (Wildman–Crippen MR) is 170 cm³/mol. The second-order valence-corrected chi connectivity index (χ2v) is 12.1. The van der Waals surface area contributed by atoms with E-state index in [-0.39, 0.29) is 17.8 Å². The number of nitrogens with one attached hydrogen (secondary N) is 1. The molecule has 2 unspecified atom stereocenters. The van der Waals surface area contributed by atoms with Crippen molar-refractivity contribution in [1.29, 1.82) is 0 Å². The number of urea groups is 1. The maximum Gasteiger partial charge on any atom is 0.573 e. The summed E-state index contributed by atoms with van der Waals surface area (Å²) >= 11 is 1.63. The van der Waals surface area contributed by atoms with Crippen LogP contribution in [0.15, 0.2) is 84.1 Å². The highest BCUT2D eigenvalue weighted by Crippen LogP contribution is 2.35. The lowest BCUT2D eigenvalue weighted by Gasteiger charge is -2.31. The standard InChI is InChI=1S/C33H33F3N6O2S/c1-2-22-6-3-4-7-29(22)41-18-5-19-45-32(41)39-31(43)38-26-13-12-25(20-26)23-8-10-24(11-9-23)30-37-21-42(40-30)27-14-16-28(17-15-27)44-33(34,35)36/h3-4,6-11,14-17,21,25-26H,2,5,12-13,18-20H2,1H3,(H,38,43)/b39-32-. The maximum absolute atomic E-state index is 13.0. The fourth-order valence-corrected chi connectivity index (χ4v) is 6.83. The number of rotatable bonds is 7.